The molecule has 1 aliphatic carbocycles. The topological polar surface area (TPSA) is 12.0 Å². The van der Waals surface area contributed by atoms with Crippen molar-refractivity contribution in [2.24, 2.45) is 0 Å². The van der Waals surface area contributed by atoms with Crippen LogP contribution in [0.1, 0.15) is 34.9 Å². The summed E-state index contributed by atoms with van der Waals surface area (Å²) >= 11 is 9.02. The Kier molecular flexibility index (Phi) is 4.42. The Hall–Kier alpha value is -0.160. The second-order valence-electron chi connectivity index (χ2n) is 4.88. The molecular formula is C15H15Br2NS. The van der Waals surface area contributed by atoms with Crippen molar-refractivity contribution in [2.45, 2.75) is 31.8 Å². The molecule has 1 heterocycles. The molecule has 19 heavy (non-hydrogen) atoms. The van der Waals surface area contributed by atoms with Gasteiger partial charge in [0.2, 0.25) is 0 Å². The van der Waals surface area contributed by atoms with E-state index in [-0.39, 0.29) is 0 Å². The highest BCUT2D eigenvalue weighted by molar-refractivity contribution is 9.11. The van der Waals surface area contributed by atoms with Crippen molar-refractivity contribution in [1.82, 2.24) is 5.32 Å². The minimum Gasteiger partial charge on any atom is -0.306 e. The normalized spacial score (nSPS) is 18.3. The lowest BCUT2D eigenvalue weighted by Crippen LogP contribution is -2.23. The standard InChI is InChI=1S/C15H15Br2NS/c16-11-4-1-3-10(7-11)9-18-13-5-2-6-14-12(13)8-15(17)19-14/h1,3-4,7-8,13,18H,2,5-6,9H2. The van der Waals surface area contributed by atoms with Crippen LogP contribution in [0.3, 0.4) is 0 Å². The van der Waals surface area contributed by atoms with Gasteiger partial charge in [0.15, 0.2) is 0 Å². The van der Waals surface area contributed by atoms with Crippen LogP contribution in [0.4, 0.5) is 0 Å². The Bertz CT molecular complexity index is 579. The van der Waals surface area contributed by atoms with Crippen LogP contribution < -0.4 is 5.32 Å². The molecular weight excluding hydrogens is 386 g/mol. The van der Waals surface area contributed by atoms with Gasteiger partial charge in [-0.1, -0.05) is 28.1 Å². The van der Waals surface area contributed by atoms with Crippen LogP contribution >= 0.6 is 43.2 Å². The van der Waals surface area contributed by atoms with Gasteiger partial charge < -0.3 is 5.32 Å². The zero-order valence-electron chi connectivity index (χ0n) is 10.5. The fourth-order valence-electron chi connectivity index (χ4n) is 2.62. The molecule has 3 rings (SSSR count). The first-order valence-electron chi connectivity index (χ1n) is 6.48. The molecule has 1 unspecified atom stereocenters. The second-order valence-corrected chi connectivity index (χ2v) is 8.32. The minimum absolute atomic E-state index is 0.505. The average Bonchev–Trinajstić information content (AvgIpc) is 2.77. The predicted octanol–water partition coefficient (Wildman–Crippen LogP) is 5.44. The smallest absolute Gasteiger partial charge is 0.0704 e. The fraction of sp³-hybridized carbons (Fsp3) is 0.333. The van der Waals surface area contributed by atoms with Gasteiger partial charge in [-0.25, -0.2) is 0 Å². The Morgan fingerprint density at radius 2 is 2.16 bits per heavy atom. The van der Waals surface area contributed by atoms with Crippen molar-refractivity contribution in [3.8, 4) is 0 Å². The number of rotatable bonds is 3. The molecule has 4 heteroatoms. The monoisotopic (exact) mass is 399 g/mol. The van der Waals surface area contributed by atoms with E-state index in [1.165, 1.54) is 34.2 Å². The fourth-order valence-corrected chi connectivity index (χ4v) is 4.89. The van der Waals surface area contributed by atoms with Crippen LogP contribution in [-0.2, 0) is 13.0 Å². The van der Waals surface area contributed by atoms with E-state index < -0.39 is 0 Å². The van der Waals surface area contributed by atoms with Gasteiger partial charge in [-0.3, -0.25) is 0 Å². The van der Waals surface area contributed by atoms with Crippen molar-refractivity contribution >= 4 is 43.2 Å². The summed E-state index contributed by atoms with van der Waals surface area (Å²) in [6.45, 7) is 0.928. The molecule has 1 aromatic heterocycles. The lowest BCUT2D eigenvalue weighted by molar-refractivity contribution is 0.463. The maximum absolute atomic E-state index is 3.70. The van der Waals surface area contributed by atoms with Crippen LogP contribution in [0, 0.1) is 0 Å². The summed E-state index contributed by atoms with van der Waals surface area (Å²) in [5, 5.41) is 3.70. The molecule has 0 aliphatic heterocycles. The van der Waals surface area contributed by atoms with E-state index in [1.54, 1.807) is 4.88 Å². The molecule has 0 saturated heterocycles. The molecule has 1 nitrogen and oxygen atoms in total. The first-order chi connectivity index (χ1) is 9.22. The van der Waals surface area contributed by atoms with Crippen molar-refractivity contribution in [3.63, 3.8) is 0 Å². The van der Waals surface area contributed by atoms with Gasteiger partial charge in [0.05, 0.1) is 3.79 Å². The minimum atomic E-state index is 0.505. The number of benzene rings is 1. The number of nitrogens with one attached hydrogen (secondary N) is 1. The largest absolute Gasteiger partial charge is 0.306 e. The molecule has 0 bridgehead atoms. The number of aryl methyl sites for hydroxylation is 1. The van der Waals surface area contributed by atoms with Crippen molar-refractivity contribution in [1.29, 1.82) is 0 Å². The van der Waals surface area contributed by atoms with Gasteiger partial charge >= 0.3 is 0 Å². The van der Waals surface area contributed by atoms with E-state index in [1.807, 2.05) is 11.3 Å². The van der Waals surface area contributed by atoms with Gasteiger partial charge in [0.1, 0.15) is 0 Å². The third-order valence-electron chi connectivity index (χ3n) is 3.53. The highest BCUT2D eigenvalue weighted by Crippen LogP contribution is 2.38. The molecule has 0 spiro atoms. The Balaban J connectivity index is 1.71. The second kappa shape index (κ2) is 6.08. The van der Waals surface area contributed by atoms with E-state index in [0.717, 1.165) is 11.0 Å². The predicted molar refractivity (Wildman–Crippen MR) is 88.7 cm³/mol. The summed E-state index contributed by atoms with van der Waals surface area (Å²) in [7, 11) is 0. The molecule has 100 valence electrons. The van der Waals surface area contributed by atoms with Crippen molar-refractivity contribution < 1.29 is 0 Å². The highest BCUT2D eigenvalue weighted by atomic mass is 79.9. The third-order valence-corrected chi connectivity index (χ3v) is 5.73. The summed E-state index contributed by atoms with van der Waals surface area (Å²) < 4.78 is 2.41. The molecule has 0 amide bonds. The van der Waals surface area contributed by atoms with Crippen LogP contribution in [0.2, 0.25) is 0 Å². The van der Waals surface area contributed by atoms with Gasteiger partial charge in [-0.15, -0.1) is 11.3 Å². The van der Waals surface area contributed by atoms with Gasteiger partial charge in [-0.05, 0) is 64.5 Å². The summed E-state index contributed by atoms with van der Waals surface area (Å²) in [6.07, 6.45) is 3.76. The van der Waals surface area contributed by atoms with Crippen molar-refractivity contribution in [3.05, 3.63) is 54.6 Å². The summed E-state index contributed by atoms with van der Waals surface area (Å²) in [5.74, 6) is 0. The number of thiophene rings is 1. The molecule has 1 N–H and O–H groups in total. The lowest BCUT2D eigenvalue weighted by atomic mass is 9.94. The summed E-state index contributed by atoms with van der Waals surface area (Å²) in [5.41, 5.74) is 2.83. The Morgan fingerprint density at radius 3 is 3.00 bits per heavy atom. The first-order valence-corrected chi connectivity index (χ1v) is 8.88. The lowest BCUT2D eigenvalue weighted by Gasteiger charge is -2.23. The Labute approximate surface area is 134 Å². The van der Waals surface area contributed by atoms with Crippen molar-refractivity contribution in [2.75, 3.05) is 0 Å². The molecule has 0 radical (unpaired) electrons. The molecule has 1 atom stereocenters. The van der Waals surface area contributed by atoms with E-state index in [4.69, 9.17) is 0 Å². The number of hydrogen-bond acceptors (Lipinski definition) is 2. The third kappa shape index (κ3) is 3.30. The Morgan fingerprint density at radius 1 is 1.26 bits per heavy atom. The summed E-state index contributed by atoms with van der Waals surface area (Å²) in [6, 6.07) is 11.3. The van der Waals surface area contributed by atoms with E-state index in [9.17, 15) is 0 Å². The maximum Gasteiger partial charge on any atom is 0.0704 e. The van der Waals surface area contributed by atoms with Crippen LogP contribution in [0.15, 0.2) is 38.6 Å². The number of halogens is 2. The zero-order chi connectivity index (χ0) is 13.2. The first kappa shape index (κ1) is 13.8. The van der Waals surface area contributed by atoms with E-state index in [0.29, 0.717) is 6.04 Å². The molecule has 2 aromatic rings. The molecule has 1 aromatic carbocycles. The number of hydrogen-bond donors (Lipinski definition) is 1. The zero-order valence-corrected chi connectivity index (χ0v) is 14.4. The average molecular weight is 401 g/mol. The SMILES string of the molecule is Brc1cccc(CNC2CCCc3sc(Br)cc32)c1. The molecule has 0 fully saturated rings. The van der Waals surface area contributed by atoms with E-state index in [2.05, 4.69) is 67.5 Å². The van der Waals surface area contributed by atoms with E-state index >= 15 is 0 Å². The maximum atomic E-state index is 3.70. The summed E-state index contributed by atoms with van der Waals surface area (Å²) in [4.78, 5) is 1.55. The van der Waals surface area contributed by atoms with Gasteiger partial charge in [-0.2, -0.15) is 0 Å². The highest BCUT2D eigenvalue weighted by Gasteiger charge is 2.22. The van der Waals surface area contributed by atoms with Gasteiger partial charge in [0.25, 0.3) is 0 Å². The molecule has 0 saturated carbocycles. The number of fused-ring (bicyclic) bond motifs is 1. The van der Waals surface area contributed by atoms with Gasteiger partial charge in [0, 0.05) is 21.9 Å². The van der Waals surface area contributed by atoms with Crippen LogP contribution in [-0.4, -0.2) is 0 Å². The van der Waals surface area contributed by atoms with Crippen LogP contribution in [0.5, 0.6) is 0 Å². The quantitative estimate of drug-likeness (QED) is 0.723. The van der Waals surface area contributed by atoms with Crippen LogP contribution in [0.25, 0.3) is 0 Å². The molecule has 1 aliphatic rings.